The quantitative estimate of drug-likeness (QED) is 0.517. The van der Waals surface area contributed by atoms with Gasteiger partial charge in [-0.1, -0.05) is 6.92 Å². The van der Waals surface area contributed by atoms with Crippen molar-refractivity contribution in [3.8, 4) is 6.07 Å². The first-order valence-electron chi connectivity index (χ1n) is 7.57. The first-order valence-corrected chi connectivity index (χ1v) is 9.96. The van der Waals surface area contributed by atoms with Crippen molar-refractivity contribution in [2.75, 3.05) is 5.75 Å². The summed E-state index contributed by atoms with van der Waals surface area (Å²) in [5.41, 5.74) is 0.497. The second-order valence-electron chi connectivity index (χ2n) is 5.18. The molecule has 1 fully saturated rings. The predicted molar refractivity (Wildman–Crippen MR) is 90.6 cm³/mol. The molecular weight excluding hydrogens is 368 g/mol. The minimum Gasteiger partial charge on any atom is -0.372 e. The topological polar surface area (TPSA) is 117 Å². The van der Waals surface area contributed by atoms with Crippen LogP contribution in [0.5, 0.6) is 0 Å². The van der Waals surface area contributed by atoms with Crippen molar-refractivity contribution in [1.82, 2.24) is 4.90 Å². The molecule has 25 heavy (non-hydrogen) atoms. The molecule has 1 aliphatic carbocycles. The van der Waals surface area contributed by atoms with E-state index in [2.05, 4.69) is 4.18 Å². The van der Waals surface area contributed by atoms with Crippen molar-refractivity contribution in [2.45, 2.75) is 37.7 Å². The number of aliphatic hydroxyl groups is 1. The maximum Gasteiger partial charge on any atom is 0.500 e. The van der Waals surface area contributed by atoms with E-state index < -0.39 is 16.6 Å². The van der Waals surface area contributed by atoms with Gasteiger partial charge in [-0.25, -0.2) is 0 Å². The molecule has 0 spiro atoms. The minimum absolute atomic E-state index is 0.00166. The molecule has 0 aromatic carbocycles. The van der Waals surface area contributed by atoms with Crippen LogP contribution >= 0.6 is 11.8 Å². The van der Waals surface area contributed by atoms with E-state index >= 15 is 0 Å². The zero-order valence-corrected chi connectivity index (χ0v) is 15.1. The van der Waals surface area contributed by atoms with Gasteiger partial charge in [-0.3, -0.25) is 9.69 Å². The maximum absolute atomic E-state index is 12.2. The number of amides is 1. The van der Waals surface area contributed by atoms with Crippen LogP contribution in [0.2, 0.25) is 0 Å². The number of hydrogen-bond donors (Lipinski definition) is 1. The number of carbonyl (C=O) groups excluding carboxylic acids is 1. The van der Waals surface area contributed by atoms with Gasteiger partial charge in [0.05, 0.1) is 17.4 Å². The molecule has 2 atom stereocenters. The second kappa shape index (κ2) is 8.42. The van der Waals surface area contributed by atoms with Gasteiger partial charge in [0.1, 0.15) is 18.2 Å². The Labute approximate surface area is 150 Å². The summed E-state index contributed by atoms with van der Waals surface area (Å²) < 4.78 is 32.5. The highest BCUT2D eigenvalue weighted by atomic mass is 32.3. The zero-order valence-electron chi connectivity index (χ0n) is 13.5. The van der Waals surface area contributed by atoms with Crippen molar-refractivity contribution in [3.63, 3.8) is 0 Å². The van der Waals surface area contributed by atoms with Crippen LogP contribution in [0.15, 0.2) is 35.9 Å². The molecule has 1 saturated heterocycles. The molecule has 2 aliphatic rings. The molecule has 10 heteroatoms. The third-order valence-corrected chi connectivity index (χ3v) is 5.42. The molecule has 0 saturated carbocycles. The highest BCUT2D eigenvalue weighted by molar-refractivity contribution is 7.99. The normalized spacial score (nSPS) is 24.0. The fraction of sp³-hybridized carbons (Fsp3) is 0.467. The van der Waals surface area contributed by atoms with Crippen LogP contribution in [-0.2, 0) is 23.6 Å². The van der Waals surface area contributed by atoms with Crippen LogP contribution < -0.4 is 0 Å². The summed E-state index contributed by atoms with van der Waals surface area (Å²) in [6.07, 6.45) is 4.71. The van der Waals surface area contributed by atoms with E-state index in [1.165, 1.54) is 22.7 Å². The van der Waals surface area contributed by atoms with Gasteiger partial charge in [0.15, 0.2) is 0 Å². The number of hydrogen-bond acceptors (Lipinski definition) is 8. The van der Waals surface area contributed by atoms with Gasteiger partial charge in [0, 0.05) is 18.2 Å². The molecule has 136 valence electrons. The Balaban J connectivity index is 2.11. The van der Waals surface area contributed by atoms with Gasteiger partial charge in [0.25, 0.3) is 0 Å². The van der Waals surface area contributed by atoms with E-state index in [0.29, 0.717) is 24.8 Å². The molecular formula is C15H18N2O6S2. The van der Waals surface area contributed by atoms with Crippen molar-refractivity contribution in [3.05, 3.63) is 35.9 Å². The number of nitriles is 1. The van der Waals surface area contributed by atoms with Crippen molar-refractivity contribution in [1.29, 1.82) is 5.26 Å². The smallest absolute Gasteiger partial charge is 0.372 e. The van der Waals surface area contributed by atoms with Crippen LogP contribution in [0.1, 0.15) is 26.2 Å². The average molecular weight is 386 g/mol. The highest BCUT2D eigenvalue weighted by Gasteiger charge is 2.40. The fourth-order valence-electron chi connectivity index (χ4n) is 2.55. The van der Waals surface area contributed by atoms with Gasteiger partial charge in [-0.05, 0) is 24.7 Å². The summed E-state index contributed by atoms with van der Waals surface area (Å²) in [4.78, 5) is 13.5. The number of carbonyl (C=O) groups is 1. The SMILES string of the molecule is CCSC1CC(=O)N(C2=CC(OS(=O)(=O)O/C=C/C#N)=CCC2)C1O. The summed E-state index contributed by atoms with van der Waals surface area (Å²) >= 11 is 1.51. The number of likely N-dealkylation sites (tertiary alicyclic amines) is 1. The standard InChI is InChI=1S/C15H18N2O6S2/c1-2-24-13-10-14(18)17(15(13)19)11-5-3-6-12(9-11)23-25(20,21)22-8-4-7-16/h4,6,8-9,13,15,19H,2-3,5,10H2,1H3/b8-4+. The molecule has 0 bridgehead atoms. The third kappa shape index (κ3) is 5.01. The fourth-order valence-corrected chi connectivity index (χ4v) is 4.11. The monoisotopic (exact) mass is 386 g/mol. The van der Waals surface area contributed by atoms with Crippen LogP contribution in [0.3, 0.4) is 0 Å². The molecule has 0 aromatic rings. The molecule has 2 rings (SSSR count). The van der Waals surface area contributed by atoms with E-state index in [1.54, 1.807) is 12.1 Å². The van der Waals surface area contributed by atoms with E-state index in [9.17, 15) is 18.3 Å². The number of nitrogens with zero attached hydrogens (tertiary/aromatic N) is 2. The van der Waals surface area contributed by atoms with E-state index in [4.69, 9.17) is 9.44 Å². The molecule has 8 nitrogen and oxygen atoms in total. The molecule has 2 unspecified atom stereocenters. The lowest BCUT2D eigenvalue weighted by Crippen LogP contribution is -2.35. The van der Waals surface area contributed by atoms with Gasteiger partial charge in [-0.15, -0.1) is 8.42 Å². The third-order valence-electron chi connectivity index (χ3n) is 3.50. The summed E-state index contributed by atoms with van der Waals surface area (Å²) in [7, 11) is -4.37. The van der Waals surface area contributed by atoms with E-state index in [0.717, 1.165) is 11.8 Å². The number of rotatable bonds is 7. The Morgan fingerprint density at radius 1 is 1.56 bits per heavy atom. The summed E-state index contributed by atoms with van der Waals surface area (Å²) in [5, 5.41) is 18.5. The molecule has 1 amide bonds. The highest BCUT2D eigenvalue weighted by Crippen LogP contribution is 2.34. The number of thioether (sulfide) groups is 1. The van der Waals surface area contributed by atoms with Gasteiger partial charge in [-0.2, -0.15) is 17.0 Å². The van der Waals surface area contributed by atoms with Crippen LogP contribution in [0.4, 0.5) is 0 Å². The summed E-state index contributed by atoms with van der Waals surface area (Å²) in [5.74, 6) is 0.572. The van der Waals surface area contributed by atoms with Crippen molar-refractivity contribution in [2.24, 2.45) is 0 Å². The first kappa shape index (κ1) is 19.4. The Bertz CT molecular complexity index is 750. The summed E-state index contributed by atoms with van der Waals surface area (Å²) in [6, 6.07) is 1.59. The Morgan fingerprint density at radius 2 is 2.32 bits per heavy atom. The summed E-state index contributed by atoms with van der Waals surface area (Å²) in [6.45, 7) is 1.95. The molecule has 1 aliphatic heterocycles. The van der Waals surface area contributed by atoms with Crippen LogP contribution in [0.25, 0.3) is 0 Å². The molecule has 1 N–H and O–H groups in total. The molecule has 0 aromatic heterocycles. The van der Waals surface area contributed by atoms with Gasteiger partial charge >= 0.3 is 10.4 Å². The van der Waals surface area contributed by atoms with Crippen LogP contribution in [-0.4, -0.2) is 41.6 Å². The number of allylic oxidation sites excluding steroid dienone is 4. The Hall–Kier alpha value is -1.96. The zero-order chi connectivity index (χ0) is 18.4. The van der Waals surface area contributed by atoms with Crippen molar-refractivity contribution < 1.29 is 26.7 Å². The van der Waals surface area contributed by atoms with E-state index in [-0.39, 0.29) is 23.3 Å². The Kier molecular flexibility index (Phi) is 6.52. The van der Waals surface area contributed by atoms with Gasteiger partial charge in [0.2, 0.25) is 5.91 Å². The largest absolute Gasteiger partial charge is 0.500 e. The van der Waals surface area contributed by atoms with Gasteiger partial charge < -0.3 is 13.5 Å². The van der Waals surface area contributed by atoms with Crippen molar-refractivity contribution >= 4 is 28.1 Å². The Morgan fingerprint density at radius 3 is 3.00 bits per heavy atom. The lowest BCUT2D eigenvalue weighted by molar-refractivity contribution is -0.130. The predicted octanol–water partition coefficient (Wildman–Crippen LogP) is 1.54. The lowest BCUT2D eigenvalue weighted by atomic mass is 10.1. The lowest BCUT2D eigenvalue weighted by Gasteiger charge is -2.27. The maximum atomic E-state index is 12.2. The minimum atomic E-state index is -4.37. The van der Waals surface area contributed by atoms with E-state index in [1.807, 2.05) is 6.92 Å². The number of aliphatic hydroxyl groups excluding tert-OH is 1. The molecule has 1 heterocycles. The second-order valence-corrected chi connectivity index (χ2v) is 7.87. The van der Waals surface area contributed by atoms with Crippen LogP contribution in [0, 0.1) is 11.3 Å². The average Bonchev–Trinajstić information content (AvgIpc) is 2.82. The first-order chi connectivity index (χ1) is 11.9. The molecule has 0 radical (unpaired) electrons.